The molecule has 1 aliphatic rings. The molecule has 0 bridgehead atoms. The molecule has 1 aromatic rings. The van der Waals surface area contributed by atoms with Crippen LogP contribution in [-0.4, -0.2) is 29.1 Å². The van der Waals surface area contributed by atoms with E-state index in [1.807, 2.05) is 6.07 Å². The summed E-state index contributed by atoms with van der Waals surface area (Å²) in [5, 5.41) is 10.5. The van der Waals surface area contributed by atoms with Crippen molar-refractivity contribution in [3.63, 3.8) is 0 Å². The number of likely N-dealkylation sites (tertiary alicyclic amines) is 1. The fraction of sp³-hybridized carbons (Fsp3) is 0.571. The number of hydrogen-bond acceptors (Lipinski definition) is 3. The average molecular weight is 269 g/mol. The van der Waals surface area contributed by atoms with Crippen LogP contribution in [0, 0.1) is 5.92 Å². The highest BCUT2D eigenvalue weighted by Gasteiger charge is 2.23. The number of hydrogen-bond donors (Lipinski definition) is 2. The zero-order chi connectivity index (χ0) is 13.1. The number of rotatable bonds is 3. The Bertz CT molecular complexity index is 389. The minimum absolute atomic E-state index is 0.229. The molecule has 0 aromatic heterocycles. The number of nitrogens with zero attached hydrogens (tertiary/aromatic N) is 1. The van der Waals surface area contributed by atoms with Crippen molar-refractivity contribution in [1.29, 1.82) is 0 Å². The maximum atomic E-state index is 9.86. The van der Waals surface area contributed by atoms with Crippen molar-refractivity contribution in [3.05, 3.63) is 28.8 Å². The van der Waals surface area contributed by atoms with Gasteiger partial charge in [-0.25, -0.2) is 0 Å². The highest BCUT2D eigenvalue weighted by molar-refractivity contribution is 6.31. The Labute approximate surface area is 114 Å². The van der Waals surface area contributed by atoms with Crippen molar-refractivity contribution in [2.75, 3.05) is 13.1 Å². The van der Waals surface area contributed by atoms with Crippen LogP contribution in [0.2, 0.25) is 5.02 Å². The maximum Gasteiger partial charge on any atom is 0.121 e. The first-order chi connectivity index (χ1) is 8.58. The van der Waals surface area contributed by atoms with E-state index in [1.165, 1.54) is 6.42 Å². The van der Waals surface area contributed by atoms with Gasteiger partial charge in [-0.3, -0.25) is 4.90 Å². The molecule has 4 heteroatoms. The van der Waals surface area contributed by atoms with Gasteiger partial charge in [-0.1, -0.05) is 17.7 Å². The monoisotopic (exact) mass is 268 g/mol. The third-order valence-corrected chi connectivity index (χ3v) is 4.12. The van der Waals surface area contributed by atoms with Gasteiger partial charge in [-0.05, 0) is 44.4 Å². The number of piperidine rings is 1. The van der Waals surface area contributed by atoms with E-state index in [4.69, 9.17) is 17.3 Å². The lowest BCUT2D eigenvalue weighted by atomic mass is 9.92. The number of phenols is 1. The molecule has 0 radical (unpaired) electrons. The van der Waals surface area contributed by atoms with E-state index >= 15 is 0 Å². The second-order valence-corrected chi connectivity index (χ2v) is 5.64. The van der Waals surface area contributed by atoms with Crippen molar-refractivity contribution in [3.8, 4) is 5.75 Å². The highest BCUT2D eigenvalue weighted by Crippen LogP contribution is 2.28. The molecule has 1 heterocycles. The smallest absolute Gasteiger partial charge is 0.121 e. The Morgan fingerprint density at radius 2 is 2.33 bits per heavy atom. The summed E-state index contributed by atoms with van der Waals surface area (Å²) in [7, 11) is 0. The minimum Gasteiger partial charge on any atom is -0.508 e. The van der Waals surface area contributed by atoms with Crippen molar-refractivity contribution in [1.82, 2.24) is 4.90 Å². The molecule has 18 heavy (non-hydrogen) atoms. The maximum absolute atomic E-state index is 9.86. The summed E-state index contributed by atoms with van der Waals surface area (Å²) in [6.07, 6.45) is 2.36. The number of aromatic hydroxyl groups is 1. The summed E-state index contributed by atoms with van der Waals surface area (Å²) in [4.78, 5) is 2.33. The molecule has 1 aliphatic heterocycles. The van der Waals surface area contributed by atoms with E-state index in [2.05, 4.69) is 11.8 Å². The Balaban J connectivity index is 2.05. The molecule has 1 saturated heterocycles. The van der Waals surface area contributed by atoms with Gasteiger partial charge >= 0.3 is 0 Å². The predicted octanol–water partition coefficient (Wildman–Crippen LogP) is 2.60. The summed E-state index contributed by atoms with van der Waals surface area (Å²) in [6, 6.07) is 5.51. The molecule has 2 atom stereocenters. The van der Waals surface area contributed by atoms with Crippen LogP contribution < -0.4 is 5.73 Å². The molecule has 3 nitrogen and oxygen atoms in total. The zero-order valence-corrected chi connectivity index (χ0v) is 11.5. The predicted molar refractivity (Wildman–Crippen MR) is 74.8 cm³/mol. The van der Waals surface area contributed by atoms with Crippen LogP contribution in [0.4, 0.5) is 0 Å². The van der Waals surface area contributed by atoms with E-state index in [-0.39, 0.29) is 11.8 Å². The molecule has 0 spiro atoms. The van der Waals surface area contributed by atoms with Gasteiger partial charge in [0.1, 0.15) is 5.75 Å². The highest BCUT2D eigenvalue weighted by atomic mass is 35.5. The number of halogens is 1. The van der Waals surface area contributed by atoms with Crippen LogP contribution in [0.3, 0.4) is 0 Å². The topological polar surface area (TPSA) is 49.5 Å². The molecule has 0 amide bonds. The van der Waals surface area contributed by atoms with Crippen LogP contribution >= 0.6 is 11.6 Å². The van der Waals surface area contributed by atoms with Crippen molar-refractivity contribution in [2.24, 2.45) is 11.7 Å². The molecular formula is C14H21ClN2O. The SMILES string of the molecule is CC(N)C1CCCN(Cc2c(O)cccc2Cl)C1. The average Bonchev–Trinajstić information content (AvgIpc) is 2.34. The van der Waals surface area contributed by atoms with Gasteiger partial charge in [-0.15, -0.1) is 0 Å². The molecule has 2 rings (SSSR count). The standard InChI is InChI=1S/C14H21ClN2O/c1-10(16)11-4-3-7-17(8-11)9-12-13(15)5-2-6-14(12)18/h2,5-6,10-11,18H,3-4,7-9,16H2,1H3. The summed E-state index contributed by atoms with van der Waals surface area (Å²) in [5.41, 5.74) is 6.80. The van der Waals surface area contributed by atoms with E-state index < -0.39 is 0 Å². The van der Waals surface area contributed by atoms with Crippen LogP contribution in [0.1, 0.15) is 25.3 Å². The normalized spacial score (nSPS) is 22.9. The molecule has 1 aromatic carbocycles. The minimum atomic E-state index is 0.229. The molecule has 3 N–H and O–H groups in total. The lowest BCUT2D eigenvalue weighted by molar-refractivity contribution is 0.153. The van der Waals surface area contributed by atoms with Gasteiger partial charge in [0.15, 0.2) is 0 Å². The second-order valence-electron chi connectivity index (χ2n) is 5.23. The quantitative estimate of drug-likeness (QED) is 0.886. The van der Waals surface area contributed by atoms with Gasteiger partial charge in [-0.2, -0.15) is 0 Å². The lowest BCUT2D eigenvalue weighted by Gasteiger charge is -2.34. The van der Waals surface area contributed by atoms with E-state index in [0.717, 1.165) is 25.1 Å². The largest absolute Gasteiger partial charge is 0.508 e. The lowest BCUT2D eigenvalue weighted by Crippen LogP contribution is -2.41. The Kier molecular flexibility index (Phi) is 4.49. The zero-order valence-electron chi connectivity index (χ0n) is 10.8. The first-order valence-electron chi connectivity index (χ1n) is 6.52. The molecule has 0 saturated carbocycles. The first kappa shape index (κ1) is 13.7. The summed E-state index contributed by atoms with van der Waals surface area (Å²) >= 11 is 6.14. The summed E-state index contributed by atoms with van der Waals surface area (Å²) < 4.78 is 0. The fourth-order valence-corrected chi connectivity index (χ4v) is 2.82. The Hall–Kier alpha value is -0.770. The molecule has 2 unspecified atom stereocenters. The first-order valence-corrected chi connectivity index (χ1v) is 6.90. The number of benzene rings is 1. The third-order valence-electron chi connectivity index (χ3n) is 3.76. The number of phenolic OH excluding ortho intramolecular Hbond substituents is 1. The molecular weight excluding hydrogens is 248 g/mol. The Morgan fingerprint density at radius 1 is 1.56 bits per heavy atom. The van der Waals surface area contributed by atoms with Crippen molar-refractivity contribution < 1.29 is 5.11 Å². The van der Waals surface area contributed by atoms with Crippen molar-refractivity contribution in [2.45, 2.75) is 32.4 Å². The van der Waals surface area contributed by atoms with Gasteiger partial charge in [0.25, 0.3) is 0 Å². The van der Waals surface area contributed by atoms with E-state index in [1.54, 1.807) is 12.1 Å². The van der Waals surface area contributed by atoms with Crippen LogP contribution in [-0.2, 0) is 6.54 Å². The van der Waals surface area contributed by atoms with Gasteiger partial charge < -0.3 is 10.8 Å². The summed E-state index contributed by atoms with van der Waals surface area (Å²) in [6.45, 7) is 4.81. The van der Waals surface area contributed by atoms with Crippen LogP contribution in [0.25, 0.3) is 0 Å². The fourth-order valence-electron chi connectivity index (χ4n) is 2.59. The Morgan fingerprint density at radius 3 is 3.00 bits per heavy atom. The second kappa shape index (κ2) is 5.91. The number of nitrogens with two attached hydrogens (primary N) is 1. The van der Waals surface area contributed by atoms with Gasteiger partial charge in [0, 0.05) is 29.7 Å². The molecule has 100 valence electrons. The van der Waals surface area contributed by atoms with Crippen LogP contribution in [0.5, 0.6) is 5.75 Å². The van der Waals surface area contributed by atoms with Crippen molar-refractivity contribution >= 4 is 11.6 Å². The molecule has 1 fully saturated rings. The van der Waals surface area contributed by atoms with E-state index in [9.17, 15) is 5.11 Å². The molecule has 0 aliphatic carbocycles. The van der Waals surface area contributed by atoms with Gasteiger partial charge in [0.05, 0.1) is 0 Å². The summed E-state index contributed by atoms with van der Waals surface area (Å²) in [5.74, 6) is 0.828. The van der Waals surface area contributed by atoms with Crippen LogP contribution in [0.15, 0.2) is 18.2 Å². The third kappa shape index (κ3) is 3.16. The van der Waals surface area contributed by atoms with Gasteiger partial charge in [0.2, 0.25) is 0 Å². The van der Waals surface area contributed by atoms with E-state index in [0.29, 0.717) is 17.5 Å².